The van der Waals surface area contributed by atoms with E-state index in [4.69, 9.17) is 0 Å². The number of hydrogen-bond acceptors (Lipinski definition) is 3. The first kappa shape index (κ1) is 54.3. The summed E-state index contributed by atoms with van der Waals surface area (Å²) >= 11 is 2.08. The molecule has 0 N–H and O–H groups in total. The Morgan fingerprint density at radius 1 is 0.590 bits per heavy atom. The summed E-state index contributed by atoms with van der Waals surface area (Å²) in [6.45, 7) is 52.6. The molecule has 1 saturated carbocycles. The molecule has 0 bridgehead atoms. The van der Waals surface area contributed by atoms with Gasteiger partial charge in [0, 0.05) is 33.2 Å². The van der Waals surface area contributed by atoms with E-state index >= 15 is 0 Å². The molecule has 0 spiro atoms. The average Bonchev–Trinajstić information content (AvgIpc) is 3.39. The molecule has 1 aromatic heterocycles. The number of thiophene rings is 1. The monoisotopic (exact) mass is 1070 g/mol. The molecule has 2 atom stereocenters. The van der Waals surface area contributed by atoms with Crippen molar-refractivity contribution in [3.63, 3.8) is 0 Å². The Labute approximate surface area is 478 Å². The van der Waals surface area contributed by atoms with Gasteiger partial charge in [0.25, 0.3) is 6.71 Å². The van der Waals surface area contributed by atoms with Crippen LogP contribution in [0.25, 0.3) is 15.7 Å². The number of nitrogens with zero attached hydrogens (tertiary/aromatic N) is 2. The van der Waals surface area contributed by atoms with Gasteiger partial charge in [0.1, 0.15) is 0 Å². The number of benzene rings is 4. The van der Waals surface area contributed by atoms with Gasteiger partial charge in [0.05, 0.1) is 13.1 Å². The van der Waals surface area contributed by atoms with Crippen LogP contribution in [0, 0.1) is 28.1 Å². The molecule has 2 aliphatic heterocycles. The maximum atomic E-state index is 2.91. The van der Waals surface area contributed by atoms with Gasteiger partial charge >= 0.3 is 0 Å². The normalized spacial score (nSPS) is 24.3. The minimum atomic E-state index is -1.53. The second-order valence-corrected chi connectivity index (χ2v) is 39.2. The number of hydrogen-bond donors (Lipinski definition) is 0. The summed E-state index contributed by atoms with van der Waals surface area (Å²) in [5, 5.41) is 4.42. The maximum absolute atomic E-state index is 2.91. The molecule has 5 heteroatoms. The van der Waals surface area contributed by atoms with E-state index in [9.17, 15) is 0 Å². The Bertz CT molecular complexity index is 3480. The van der Waals surface area contributed by atoms with Crippen molar-refractivity contribution in [2.24, 2.45) is 28.1 Å². The van der Waals surface area contributed by atoms with Gasteiger partial charge in [-0.05, 0) is 210 Å². The van der Waals surface area contributed by atoms with Crippen LogP contribution >= 0.6 is 11.3 Å². The van der Waals surface area contributed by atoms with Crippen molar-refractivity contribution in [2.75, 3.05) is 9.80 Å². The van der Waals surface area contributed by atoms with Crippen molar-refractivity contribution in [2.45, 2.75) is 223 Å². The molecule has 7 aliphatic rings. The van der Waals surface area contributed by atoms with E-state index in [1.54, 1.807) is 22.2 Å². The van der Waals surface area contributed by atoms with E-state index in [1.165, 1.54) is 126 Å². The summed E-state index contributed by atoms with van der Waals surface area (Å²) in [6.07, 6.45) is 17.4. The van der Waals surface area contributed by atoms with Gasteiger partial charge in [-0.1, -0.05) is 198 Å². The molecule has 5 aliphatic carbocycles. The van der Waals surface area contributed by atoms with E-state index in [0.29, 0.717) is 11.8 Å². The molecule has 3 heterocycles. The zero-order valence-electron chi connectivity index (χ0n) is 52.3. The average molecular weight is 1070 g/mol. The van der Waals surface area contributed by atoms with E-state index in [0.717, 1.165) is 12.8 Å². The molecule has 0 radical (unpaired) electrons. The molecule has 0 saturated heterocycles. The molecule has 410 valence electrons. The first-order chi connectivity index (χ1) is 36.0. The number of allylic oxidation sites excluding steroid dienone is 7. The highest BCUT2D eigenvalue weighted by Crippen LogP contribution is 2.61. The smallest absolute Gasteiger partial charge is 0.253 e. The molecular weight excluding hydrogens is 976 g/mol. The van der Waals surface area contributed by atoms with E-state index < -0.39 is 8.07 Å². The standard InChI is InChI=1S/C73H95BN2SSi/c1-66(2,3)45-24-29-58(49(36-45)44-22-26-48(27-23-44)78(19,20)21)76-59-42-55-54(71(13,14)33-34-72(55,15)16)41-57(59)74-63-50-40-53-56(73(17,18)35-32-70(53,11)12)43-62(50)77-65(63)75(60-37-46(67(4,5)6)38-61(76)64(60)74)47-25-28-51-52(39-47)69(9,10)31-30-68(51,7)8/h22-29,37-41,43,45,55H,30-36,42H2,1-21H3. The lowest BCUT2D eigenvalue weighted by molar-refractivity contribution is 0.121. The third kappa shape index (κ3) is 8.38. The molecule has 5 aromatic rings. The molecule has 2 unspecified atom stereocenters. The number of anilines is 4. The summed E-state index contributed by atoms with van der Waals surface area (Å²) in [6, 6.07) is 28.5. The van der Waals surface area contributed by atoms with Crippen LogP contribution in [-0.4, -0.2) is 14.8 Å². The zero-order valence-corrected chi connectivity index (χ0v) is 54.1. The highest BCUT2D eigenvalue weighted by Gasteiger charge is 2.53. The molecular formula is C73H95BN2SSi. The first-order valence-corrected chi connectivity index (χ1v) is 34.8. The predicted molar refractivity (Wildman–Crippen MR) is 346 cm³/mol. The molecule has 4 aromatic carbocycles. The van der Waals surface area contributed by atoms with Crippen molar-refractivity contribution in [3.8, 4) is 0 Å². The predicted octanol–water partition coefficient (Wildman–Crippen LogP) is 19.3. The second-order valence-electron chi connectivity index (χ2n) is 33.1. The highest BCUT2D eigenvalue weighted by atomic mass is 32.1. The Balaban J connectivity index is 1.24. The summed E-state index contributed by atoms with van der Waals surface area (Å²) in [7, 11) is -1.53. The van der Waals surface area contributed by atoms with Crippen molar-refractivity contribution >= 4 is 80.0 Å². The summed E-state index contributed by atoms with van der Waals surface area (Å²) in [5.74, 6) is 0.861. The maximum Gasteiger partial charge on any atom is 0.253 e. The van der Waals surface area contributed by atoms with E-state index in [2.05, 4.69) is 250 Å². The van der Waals surface area contributed by atoms with Crippen LogP contribution in [0.1, 0.15) is 209 Å². The summed E-state index contributed by atoms with van der Waals surface area (Å²) in [5.41, 5.74) is 24.3. The lowest BCUT2D eigenvalue weighted by Crippen LogP contribution is -2.57. The van der Waals surface area contributed by atoms with Gasteiger partial charge in [-0.3, -0.25) is 0 Å². The van der Waals surface area contributed by atoms with Crippen LogP contribution in [0.15, 0.2) is 107 Å². The number of rotatable bonds is 4. The van der Waals surface area contributed by atoms with Gasteiger partial charge in [-0.2, -0.15) is 0 Å². The van der Waals surface area contributed by atoms with Gasteiger partial charge < -0.3 is 9.80 Å². The van der Waals surface area contributed by atoms with Crippen molar-refractivity contribution in [1.82, 2.24) is 0 Å². The fourth-order valence-corrected chi connectivity index (χ4v) is 18.3. The van der Waals surface area contributed by atoms with Crippen LogP contribution in [-0.2, 0) is 27.1 Å². The van der Waals surface area contributed by atoms with Crippen LogP contribution in [0.5, 0.6) is 0 Å². The highest BCUT2D eigenvalue weighted by molar-refractivity contribution is 7.26. The van der Waals surface area contributed by atoms with E-state index in [1.807, 2.05) is 0 Å². The number of fused-ring (bicyclic) bond motifs is 8. The van der Waals surface area contributed by atoms with Crippen LogP contribution in [0.2, 0.25) is 19.6 Å². The molecule has 78 heavy (non-hydrogen) atoms. The summed E-state index contributed by atoms with van der Waals surface area (Å²) in [4.78, 5) is 5.72. The van der Waals surface area contributed by atoms with Gasteiger partial charge in [0.15, 0.2) is 0 Å². The van der Waals surface area contributed by atoms with Crippen LogP contribution < -0.4 is 25.9 Å². The Morgan fingerprint density at radius 3 is 1.74 bits per heavy atom. The van der Waals surface area contributed by atoms with E-state index in [-0.39, 0.29) is 50.0 Å². The lowest BCUT2D eigenvalue weighted by Gasteiger charge is -2.54. The van der Waals surface area contributed by atoms with Gasteiger partial charge in [0.2, 0.25) is 0 Å². The molecule has 1 fully saturated rings. The SMILES string of the molecule is CC1(C)CCC(C)(C)C2CC3=C(C=C21)B1c2c(cc(C(C)(C)C)cc2N(c2ccc4c(c2)C(C)(C)CCC4(C)C)c2sc4cc5c(cc4c21)C(C)(C)CCC5(C)C)N3C1=C(c2ccc([Si](C)(C)C)cc2)CC(C(C)(C)C)C=C1. The van der Waals surface area contributed by atoms with Gasteiger partial charge in [-0.25, -0.2) is 0 Å². The fourth-order valence-electron chi connectivity index (χ4n) is 15.8. The third-order valence-corrected chi connectivity index (χ3v) is 25.0. The summed E-state index contributed by atoms with van der Waals surface area (Å²) < 4.78 is 1.44. The first-order valence-electron chi connectivity index (χ1n) is 30.5. The van der Waals surface area contributed by atoms with Crippen molar-refractivity contribution < 1.29 is 0 Å². The Morgan fingerprint density at radius 2 is 1.15 bits per heavy atom. The van der Waals surface area contributed by atoms with Crippen molar-refractivity contribution in [3.05, 3.63) is 141 Å². The minimum Gasteiger partial charge on any atom is -0.315 e. The van der Waals surface area contributed by atoms with Crippen LogP contribution in [0.3, 0.4) is 0 Å². The molecule has 2 nitrogen and oxygen atoms in total. The van der Waals surface area contributed by atoms with Crippen LogP contribution in [0.4, 0.5) is 22.1 Å². The fraction of sp³-hybridized carbons (Fsp3) is 0.534. The Kier molecular flexibility index (Phi) is 11.9. The lowest BCUT2D eigenvalue weighted by atomic mass is 9.31. The topological polar surface area (TPSA) is 6.48 Å². The quantitative estimate of drug-likeness (QED) is 0.166. The molecule has 12 rings (SSSR count). The third-order valence-electron chi connectivity index (χ3n) is 21.8. The largest absolute Gasteiger partial charge is 0.315 e. The molecule has 0 amide bonds. The Hall–Kier alpha value is -4.32. The second kappa shape index (κ2) is 17.1. The van der Waals surface area contributed by atoms with Gasteiger partial charge in [-0.15, -0.1) is 11.3 Å². The minimum absolute atomic E-state index is 0.0708. The van der Waals surface area contributed by atoms with Crippen molar-refractivity contribution in [1.29, 1.82) is 0 Å². The zero-order chi connectivity index (χ0) is 56.2.